The van der Waals surface area contributed by atoms with E-state index in [0.717, 1.165) is 36.8 Å². The van der Waals surface area contributed by atoms with Crippen molar-refractivity contribution in [2.45, 2.75) is 32.1 Å². The summed E-state index contributed by atoms with van der Waals surface area (Å²) in [6, 6.07) is 1.82. The largest absolute Gasteiger partial charge is 0.324 e. The number of rotatable bonds is 3. The maximum Gasteiger partial charge on any atom is 0.323 e. The molecule has 1 saturated heterocycles. The van der Waals surface area contributed by atoms with Crippen LogP contribution in [0, 0.1) is 23.7 Å². The quantitative estimate of drug-likeness (QED) is 0.929. The van der Waals surface area contributed by atoms with E-state index in [0.29, 0.717) is 5.82 Å². The molecule has 2 heterocycles. The maximum atomic E-state index is 12.1. The fraction of sp³-hybridized carbons (Fsp3) is 0.750. The average Bonchev–Trinajstić information content (AvgIpc) is 3.10. The number of likely N-dealkylation sites (tertiary alicyclic amines) is 1. The number of urea groups is 1. The molecule has 1 aromatic heterocycles. The summed E-state index contributed by atoms with van der Waals surface area (Å²) in [4.78, 5) is 14.0. The Labute approximate surface area is 125 Å². The molecule has 1 aromatic rings. The van der Waals surface area contributed by atoms with Gasteiger partial charge in [-0.25, -0.2) is 4.79 Å². The molecular formula is C16H24N4O. The third-order valence-electron chi connectivity index (χ3n) is 5.71. The normalized spacial score (nSPS) is 31.5. The molecule has 3 unspecified atom stereocenters. The molecule has 1 aliphatic heterocycles. The molecule has 3 fully saturated rings. The Morgan fingerprint density at radius 1 is 1.38 bits per heavy atom. The Balaban J connectivity index is 1.23. The van der Waals surface area contributed by atoms with Crippen LogP contribution in [0.4, 0.5) is 10.6 Å². The number of hydrogen-bond donors (Lipinski definition) is 1. The second-order valence-electron chi connectivity index (χ2n) is 7.25. The highest BCUT2D eigenvalue weighted by molar-refractivity contribution is 5.88. The van der Waals surface area contributed by atoms with Crippen molar-refractivity contribution < 1.29 is 4.79 Å². The Hall–Kier alpha value is -1.52. The Bertz CT molecular complexity index is 534. The van der Waals surface area contributed by atoms with Crippen molar-refractivity contribution in [3.8, 4) is 0 Å². The number of aromatic nitrogens is 2. The van der Waals surface area contributed by atoms with Gasteiger partial charge in [-0.3, -0.25) is 10.00 Å². The molecule has 0 radical (unpaired) electrons. The van der Waals surface area contributed by atoms with Crippen molar-refractivity contribution >= 4 is 11.8 Å². The van der Waals surface area contributed by atoms with Gasteiger partial charge in [-0.15, -0.1) is 0 Å². The predicted octanol–water partition coefficient (Wildman–Crippen LogP) is 2.71. The molecule has 2 bridgehead atoms. The van der Waals surface area contributed by atoms with Gasteiger partial charge in [0.15, 0.2) is 5.82 Å². The summed E-state index contributed by atoms with van der Waals surface area (Å²) in [6.45, 7) is 1.85. The van der Waals surface area contributed by atoms with Crippen molar-refractivity contribution in [2.75, 3.05) is 18.4 Å². The van der Waals surface area contributed by atoms with Gasteiger partial charge in [-0.05, 0) is 49.4 Å². The van der Waals surface area contributed by atoms with Gasteiger partial charge in [0.1, 0.15) is 0 Å². The number of hydrogen-bond acceptors (Lipinski definition) is 2. The van der Waals surface area contributed by atoms with Crippen LogP contribution in [-0.4, -0.2) is 33.8 Å². The lowest BCUT2D eigenvalue weighted by Crippen LogP contribution is -2.52. The van der Waals surface area contributed by atoms with Crippen LogP contribution in [0.3, 0.4) is 0 Å². The highest BCUT2D eigenvalue weighted by Gasteiger charge is 2.42. The van der Waals surface area contributed by atoms with E-state index >= 15 is 0 Å². The van der Waals surface area contributed by atoms with Gasteiger partial charge in [0.05, 0.1) is 0 Å². The average molecular weight is 288 g/mol. The van der Waals surface area contributed by atoms with E-state index in [1.807, 2.05) is 24.2 Å². The van der Waals surface area contributed by atoms with Gasteiger partial charge in [0.2, 0.25) is 0 Å². The van der Waals surface area contributed by atoms with Gasteiger partial charge in [-0.2, -0.15) is 5.10 Å². The zero-order chi connectivity index (χ0) is 14.4. The van der Waals surface area contributed by atoms with Gasteiger partial charge < -0.3 is 4.90 Å². The SMILES string of the molecule is Cn1ccc(NC(=O)N2CC(CC3CC4CCC3C4)C2)n1. The molecule has 3 aliphatic rings. The Morgan fingerprint density at radius 2 is 2.24 bits per heavy atom. The lowest BCUT2D eigenvalue weighted by Gasteiger charge is -2.41. The highest BCUT2D eigenvalue weighted by Crippen LogP contribution is 2.50. The maximum absolute atomic E-state index is 12.1. The number of nitrogens with one attached hydrogen (secondary N) is 1. The lowest BCUT2D eigenvalue weighted by molar-refractivity contribution is 0.104. The first-order valence-electron chi connectivity index (χ1n) is 8.23. The van der Waals surface area contributed by atoms with Gasteiger partial charge in [-0.1, -0.05) is 6.42 Å². The molecule has 3 atom stereocenters. The summed E-state index contributed by atoms with van der Waals surface area (Å²) in [7, 11) is 1.85. The predicted molar refractivity (Wildman–Crippen MR) is 80.8 cm³/mol. The molecule has 4 rings (SSSR count). The second-order valence-corrected chi connectivity index (χ2v) is 7.25. The van der Waals surface area contributed by atoms with Crippen molar-refractivity contribution in [3.63, 3.8) is 0 Å². The molecule has 21 heavy (non-hydrogen) atoms. The molecular weight excluding hydrogens is 264 g/mol. The molecule has 2 amide bonds. The summed E-state index contributed by atoms with van der Waals surface area (Å²) in [6.07, 6.45) is 9.07. The first-order valence-corrected chi connectivity index (χ1v) is 8.23. The fourth-order valence-electron chi connectivity index (χ4n) is 4.65. The monoisotopic (exact) mass is 288 g/mol. The molecule has 5 nitrogen and oxygen atoms in total. The number of aryl methyl sites for hydroxylation is 1. The number of nitrogens with zero attached hydrogens (tertiary/aromatic N) is 3. The van der Waals surface area contributed by atoms with E-state index < -0.39 is 0 Å². The summed E-state index contributed by atoms with van der Waals surface area (Å²) >= 11 is 0. The summed E-state index contributed by atoms with van der Waals surface area (Å²) in [5.74, 6) is 4.35. The van der Waals surface area contributed by atoms with E-state index in [1.165, 1.54) is 32.1 Å². The minimum absolute atomic E-state index is 0.00195. The zero-order valence-corrected chi connectivity index (χ0v) is 12.7. The highest BCUT2D eigenvalue weighted by atomic mass is 16.2. The van der Waals surface area contributed by atoms with Crippen LogP contribution in [0.25, 0.3) is 0 Å². The van der Waals surface area contributed by atoms with Crippen LogP contribution in [-0.2, 0) is 7.05 Å². The molecule has 114 valence electrons. The lowest BCUT2D eigenvalue weighted by atomic mass is 9.80. The van der Waals surface area contributed by atoms with E-state index in [1.54, 1.807) is 4.68 Å². The number of carbonyl (C=O) groups is 1. The summed E-state index contributed by atoms with van der Waals surface area (Å²) in [5, 5.41) is 7.04. The van der Waals surface area contributed by atoms with E-state index in [9.17, 15) is 4.79 Å². The number of carbonyl (C=O) groups excluding carboxylic acids is 1. The van der Waals surface area contributed by atoms with Crippen LogP contribution in [0.2, 0.25) is 0 Å². The topological polar surface area (TPSA) is 50.2 Å². The second kappa shape index (κ2) is 5.04. The molecule has 1 N–H and O–H groups in total. The van der Waals surface area contributed by atoms with Crippen LogP contribution in [0.5, 0.6) is 0 Å². The molecule has 0 aromatic carbocycles. The summed E-state index contributed by atoms with van der Waals surface area (Å²) < 4.78 is 1.70. The van der Waals surface area contributed by atoms with Gasteiger partial charge >= 0.3 is 6.03 Å². The van der Waals surface area contributed by atoms with Crippen molar-refractivity contribution in [1.82, 2.24) is 14.7 Å². The van der Waals surface area contributed by atoms with Crippen LogP contribution < -0.4 is 5.32 Å². The number of fused-ring (bicyclic) bond motifs is 2. The van der Waals surface area contributed by atoms with Crippen molar-refractivity contribution in [1.29, 1.82) is 0 Å². The van der Waals surface area contributed by atoms with Crippen molar-refractivity contribution in [3.05, 3.63) is 12.3 Å². The molecule has 5 heteroatoms. The fourth-order valence-corrected chi connectivity index (χ4v) is 4.65. The third kappa shape index (κ3) is 2.54. The molecule has 2 saturated carbocycles. The first-order chi connectivity index (χ1) is 10.2. The number of amides is 2. The van der Waals surface area contributed by atoms with E-state index in [2.05, 4.69) is 10.4 Å². The van der Waals surface area contributed by atoms with E-state index in [-0.39, 0.29) is 6.03 Å². The van der Waals surface area contributed by atoms with Gasteiger partial charge in [0.25, 0.3) is 0 Å². The Kier molecular flexibility index (Phi) is 3.16. The van der Waals surface area contributed by atoms with Crippen LogP contribution >= 0.6 is 0 Å². The first kappa shape index (κ1) is 13.2. The smallest absolute Gasteiger partial charge is 0.323 e. The van der Waals surface area contributed by atoms with E-state index in [4.69, 9.17) is 0 Å². The van der Waals surface area contributed by atoms with Gasteiger partial charge in [0, 0.05) is 32.4 Å². The van der Waals surface area contributed by atoms with Crippen molar-refractivity contribution in [2.24, 2.45) is 30.7 Å². The minimum Gasteiger partial charge on any atom is -0.324 e. The molecule has 2 aliphatic carbocycles. The van der Waals surface area contributed by atoms with Crippen LogP contribution in [0.15, 0.2) is 12.3 Å². The minimum atomic E-state index is -0.00195. The third-order valence-corrected chi connectivity index (χ3v) is 5.71. The zero-order valence-electron chi connectivity index (χ0n) is 12.7. The Morgan fingerprint density at radius 3 is 2.86 bits per heavy atom. The number of anilines is 1. The molecule has 0 spiro atoms. The van der Waals surface area contributed by atoms with Crippen LogP contribution in [0.1, 0.15) is 32.1 Å². The summed E-state index contributed by atoms with van der Waals surface area (Å²) in [5.41, 5.74) is 0. The standard InChI is InChI=1S/C16H24N4O/c1-19-5-4-15(18-19)17-16(21)20-9-12(10-20)8-14-7-11-2-3-13(14)6-11/h4-5,11-14H,2-3,6-10H2,1H3,(H,17,18,21).